The van der Waals surface area contributed by atoms with E-state index in [9.17, 15) is 0 Å². The number of aryl methyl sites for hydroxylation is 1. The summed E-state index contributed by atoms with van der Waals surface area (Å²) in [7, 11) is 0. The van der Waals surface area contributed by atoms with E-state index in [4.69, 9.17) is 11.6 Å². The molecule has 0 spiro atoms. The molecule has 0 aliphatic rings. The van der Waals surface area contributed by atoms with Crippen molar-refractivity contribution in [3.05, 3.63) is 46.2 Å². The monoisotopic (exact) mass is 350 g/mol. The summed E-state index contributed by atoms with van der Waals surface area (Å²) in [6.45, 7) is 3.15. The molecule has 20 heavy (non-hydrogen) atoms. The van der Waals surface area contributed by atoms with Crippen LogP contribution < -0.4 is 4.57 Å². The van der Waals surface area contributed by atoms with E-state index < -0.39 is 0 Å². The van der Waals surface area contributed by atoms with Gasteiger partial charge in [-0.2, -0.15) is 0 Å². The highest BCUT2D eigenvalue weighted by molar-refractivity contribution is 9.10. The molecule has 0 aliphatic carbocycles. The SMILES string of the molecule is CCC[n+]1cc(Br)cc(-c2nc3ccc(Cl)cc3[nH]2)c1. The average Bonchev–Trinajstić information content (AvgIpc) is 2.81. The summed E-state index contributed by atoms with van der Waals surface area (Å²) in [6.07, 6.45) is 5.27. The topological polar surface area (TPSA) is 32.6 Å². The minimum atomic E-state index is 0.711. The summed E-state index contributed by atoms with van der Waals surface area (Å²) < 4.78 is 3.21. The van der Waals surface area contributed by atoms with Crippen LogP contribution in [-0.4, -0.2) is 9.97 Å². The van der Waals surface area contributed by atoms with Gasteiger partial charge < -0.3 is 4.98 Å². The van der Waals surface area contributed by atoms with Gasteiger partial charge >= 0.3 is 0 Å². The van der Waals surface area contributed by atoms with E-state index >= 15 is 0 Å². The third-order valence-corrected chi connectivity index (χ3v) is 3.76. The lowest BCUT2D eigenvalue weighted by Crippen LogP contribution is -2.32. The zero-order chi connectivity index (χ0) is 14.1. The Morgan fingerprint density at radius 2 is 2.15 bits per heavy atom. The maximum Gasteiger partial charge on any atom is 0.183 e. The van der Waals surface area contributed by atoms with Gasteiger partial charge in [-0.15, -0.1) is 0 Å². The maximum absolute atomic E-state index is 6.01. The summed E-state index contributed by atoms with van der Waals surface area (Å²) >= 11 is 9.56. The highest BCUT2D eigenvalue weighted by atomic mass is 79.9. The van der Waals surface area contributed by atoms with E-state index in [-0.39, 0.29) is 0 Å². The molecule has 0 aliphatic heterocycles. The number of nitrogens with zero attached hydrogens (tertiary/aromatic N) is 2. The molecular formula is C15H14BrClN3+. The number of fused-ring (bicyclic) bond motifs is 1. The van der Waals surface area contributed by atoms with Crippen molar-refractivity contribution < 1.29 is 4.57 Å². The predicted molar refractivity (Wildman–Crippen MR) is 84.7 cm³/mol. The van der Waals surface area contributed by atoms with Crippen LogP contribution in [-0.2, 0) is 6.54 Å². The number of nitrogens with one attached hydrogen (secondary N) is 1. The van der Waals surface area contributed by atoms with Gasteiger partial charge in [0, 0.05) is 11.4 Å². The number of halogens is 2. The fourth-order valence-corrected chi connectivity index (χ4v) is 2.91. The van der Waals surface area contributed by atoms with Crippen LogP contribution in [0.3, 0.4) is 0 Å². The fraction of sp³-hybridized carbons (Fsp3) is 0.200. The summed E-state index contributed by atoms with van der Waals surface area (Å²) in [6, 6.07) is 7.74. The van der Waals surface area contributed by atoms with Gasteiger partial charge in [-0.1, -0.05) is 18.5 Å². The Kier molecular flexibility index (Phi) is 3.76. The van der Waals surface area contributed by atoms with Crippen LogP contribution in [0.15, 0.2) is 41.1 Å². The molecule has 1 N–H and O–H groups in total. The number of aromatic nitrogens is 3. The number of hydrogen-bond donors (Lipinski definition) is 1. The van der Waals surface area contributed by atoms with Crippen LogP contribution >= 0.6 is 27.5 Å². The molecule has 2 heterocycles. The van der Waals surface area contributed by atoms with Gasteiger partial charge in [0.1, 0.15) is 12.4 Å². The summed E-state index contributed by atoms with van der Waals surface area (Å²) in [5, 5.41) is 0.711. The van der Waals surface area contributed by atoms with Crippen molar-refractivity contribution in [2.24, 2.45) is 0 Å². The van der Waals surface area contributed by atoms with Crippen LogP contribution in [0.1, 0.15) is 13.3 Å². The van der Waals surface area contributed by atoms with Crippen molar-refractivity contribution in [1.82, 2.24) is 9.97 Å². The largest absolute Gasteiger partial charge is 0.338 e. The van der Waals surface area contributed by atoms with Gasteiger partial charge in [-0.25, -0.2) is 9.55 Å². The second kappa shape index (κ2) is 5.54. The minimum Gasteiger partial charge on any atom is -0.338 e. The molecule has 0 radical (unpaired) electrons. The molecule has 0 saturated heterocycles. The van der Waals surface area contributed by atoms with Crippen molar-refractivity contribution in [2.75, 3.05) is 0 Å². The number of H-pyrrole nitrogens is 1. The Bertz CT molecular complexity index is 767. The standard InChI is InChI=1S/C15H14BrClN3/c1-2-5-20-8-10(6-11(16)9-20)15-18-13-4-3-12(17)7-14(13)19-15/h3-4,6-9H,2,5H2,1H3,(H,18,19)/q+1. The smallest absolute Gasteiger partial charge is 0.183 e. The van der Waals surface area contributed by atoms with Gasteiger partial charge in [0.2, 0.25) is 0 Å². The third kappa shape index (κ3) is 2.72. The summed E-state index contributed by atoms with van der Waals surface area (Å²) in [5.74, 6) is 0.855. The van der Waals surface area contributed by atoms with Crippen molar-refractivity contribution in [3.8, 4) is 11.4 Å². The van der Waals surface area contributed by atoms with Crippen molar-refractivity contribution in [1.29, 1.82) is 0 Å². The molecule has 102 valence electrons. The quantitative estimate of drug-likeness (QED) is 0.699. The second-order valence-corrected chi connectivity index (χ2v) is 6.08. The Hall–Kier alpha value is -1.39. The van der Waals surface area contributed by atoms with E-state index in [1.165, 1.54) is 0 Å². The van der Waals surface area contributed by atoms with E-state index in [1.807, 2.05) is 18.2 Å². The first-order valence-electron chi connectivity index (χ1n) is 6.51. The lowest BCUT2D eigenvalue weighted by Gasteiger charge is -1.99. The van der Waals surface area contributed by atoms with E-state index in [0.29, 0.717) is 5.02 Å². The molecule has 5 heteroatoms. The van der Waals surface area contributed by atoms with E-state index in [2.05, 4.69) is 55.8 Å². The Morgan fingerprint density at radius 1 is 1.30 bits per heavy atom. The molecule has 0 amide bonds. The summed E-state index contributed by atoms with van der Waals surface area (Å²) in [5.41, 5.74) is 2.93. The van der Waals surface area contributed by atoms with Crippen LogP contribution in [0.25, 0.3) is 22.4 Å². The molecule has 0 bridgehead atoms. The van der Waals surface area contributed by atoms with Gasteiger partial charge in [0.25, 0.3) is 0 Å². The summed E-state index contributed by atoms with van der Waals surface area (Å²) in [4.78, 5) is 7.94. The fourth-order valence-electron chi connectivity index (χ4n) is 2.23. The lowest BCUT2D eigenvalue weighted by atomic mass is 10.2. The number of hydrogen-bond acceptors (Lipinski definition) is 1. The number of rotatable bonds is 3. The molecule has 3 aromatic rings. The van der Waals surface area contributed by atoms with Gasteiger partial charge in [0.05, 0.1) is 21.1 Å². The van der Waals surface area contributed by atoms with E-state index in [1.54, 1.807) is 0 Å². The lowest BCUT2D eigenvalue weighted by molar-refractivity contribution is -0.697. The second-order valence-electron chi connectivity index (χ2n) is 4.73. The molecular weight excluding hydrogens is 338 g/mol. The van der Waals surface area contributed by atoms with Gasteiger partial charge in [0.15, 0.2) is 12.4 Å². The van der Waals surface area contributed by atoms with E-state index in [0.717, 1.165) is 39.9 Å². The van der Waals surface area contributed by atoms with Crippen LogP contribution in [0.5, 0.6) is 0 Å². The number of benzene rings is 1. The number of aromatic amines is 1. The average molecular weight is 352 g/mol. The zero-order valence-corrected chi connectivity index (χ0v) is 13.4. The Balaban J connectivity index is 2.10. The van der Waals surface area contributed by atoms with Crippen molar-refractivity contribution in [3.63, 3.8) is 0 Å². The molecule has 1 aromatic carbocycles. The number of pyridine rings is 1. The molecule has 0 unspecified atom stereocenters. The highest BCUT2D eigenvalue weighted by Gasteiger charge is 2.11. The first kappa shape index (κ1) is 13.6. The first-order chi connectivity index (χ1) is 9.65. The van der Waals surface area contributed by atoms with Crippen molar-refractivity contribution >= 4 is 38.6 Å². The molecule has 0 atom stereocenters. The minimum absolute atomic E-state index is 0.711. The van der Waals surface area contributed by atoms with Crippen LogP contribution in [0, 0.1) is 0 Å². The zero-order valence-electron chi connectivity index (χ0n) is 11.0. The Labute approximate surface area is 130 Å². The molecule has 0 fully saturated rings. The highest BCUT2D eigenvalue weighted by Crippen LogP contribution is 2.23. The maximum atomic E-state index is 6.01. The third-order valence-electron chi connectivity index (χ3n) is 3.09. The number of imidazole rings is 1. The molecule has 0 saturated carbocycles. The van der Waals surface area contributed by atoms with Gasteiger partial charge in [-0.3, -0.25) is 0 Å². The van der Waals surface area contributed by atoms with Gasteiger partial charge in [-0.05, 0) is 40.2 Å². The predicted octanol–water partition coefficient (Wildman–Crippen LogP) is 4.34. The van der Waals surface area contributed by atoms with Crippen LogP contribution in [0.4, 0.5) is 0 Å². The molecule has 2 aromatic heterocycles. The first-order valence-corrected chi connectivity index (χ1v) is 7.68. The van der Waals surface area contributed by atoms with Crippen molar-refractivity contribution in [2.45, 2.75) is 19.9 Å². The Morgan fingerprint density at radius 3 is 2.95 bits per heavy atom. The molecule has 3 nitrogen and oxygen atoms in total. The normalized spacial score (nSPS) is 11.2. The molecule has 3 rings (SSSR count). The van der Waals surface area contributed by atoms with Crippen LogP contribution in [0.2, 0.25) is 5.02 Å².